The van der Waals surface area contributed by atoms with Gasteiger partial charge in [0.25, 0.3) is 5.91 Å². The van der Waals surface area contributed by atoms with Gasteiger partial charge in [-0.1, -0.05) is 12.1 Å². The van der Waals surface area contributed by atoms with Gasteiger partial charge in [0.2, 0.25) is 0 Å². The fourth-order valence-electron chi connectivity index (χ4n) is 1.69. The fourth-order valence-corrected chi connectivity index (χ4v) is 1.69. The second-order valence-electron chi connectivity index (χ2n) is 4.65. The minimum atomic E-state index is -0.881. The maximum absolute atomic E-state index is 11.9. The van der Waals surface area contributed by atoms with E-state index in [0.717, 1.165) is 11.3 Å². The molecule has 0 aromatic heterocycles. The standard InChI is InChI=1S/C16H19N3O4/c1-23-14-6-4-12(5-7-14)10-19-16(22)13(9-17)11-18-8-2-3-15(20)21/h4-7,11,18H,2-3,8,10H2,1H3,(H,19,22)(H,20,21)/b13-11-. The van der Waals surface area contributed by atoms with Crippen LogP contribution in [0.2, 0.25) is 0 Å². The van der Waals surface area contributed by atoms with Gasteiger partial charge in [-0.15, -0.1) is 0 Å². The number of aliphatic carboxylic acids is 1. The summed E-state index contributed by atoms with van der Waals surface area (Å²) in [5.41, 5.74) is 0.819. The Kier molecular flexibility index (Phi) is 7.72. The molecule has 0 radical (unpaired) electrons. The van der Waals surface area contributed by atoms with E-state index in [1.807, 2.05) is 12.1 Å². The zero-order valence-electron chi connectivity index (χ0n) is 12.8. The van der Waals surface area contributed by atoms with Crippen LogP contribution in [-0.2, 0) is 16.1 Å². The predicted octanol–water partition coefficient (Wildman–Crippen LogP) is 1.17. The van der Waals surface area contributed by atoms with Crippen molar-refractivity contribution < 1.29 is 19.4 Å². The van der Waals surface area contributed by atoms with Gasteiger partial charge in [0.15, 0.2) is 0 Å². The zero-order chi connectivity index (χ0) is 17.1. The summed E-state index contributed by atoms with van der Waals surface area (Å²) < 4.78 is 5.04. The number of nitriles is 1. The number of carboxylic acid groups (broad SMARTS) is 1. The smallest absolute Gasteiger partial charge is 0.303 e. The van der Waals surface area contributed by atoms with Crippen molar-refractivity contribution in [1.82, 2.24) is 10.6 Å². The van der Waals surface area contributed by atoms with Crippen molar-refractivity contribution in [2.75, 3.05) is 13.7 Å². The predicted molar refractivity (Wildman–Crippen MR) is 83.4 cm³/mol. The number of methoxy groups -OCH3 is 1. The molecule has 1 aromatic rings. The van der Waals surface area contributed by atoms with Crippen molar-refractivity contribution in [3.63, 3.8) is 0 Å². The molecule has 0 saturated heterocycles. The molecule has 0 saturated carbocycles. The van der Waals surface area contributed by atoms with Crippen LogP contribution < -0.4 is 15.4 Å². The molecular formula is C16H19N3O4. The van der Waals surface area contributed by atoms with E-state index >= 15 is 0 Å². The Labute approximate surface area is 134 Å². The largest absolute Gasteiger partial charge is 0.497 e. The number of nitrogens with one attached hydrogen (secondary N) is 2. The Balaban J connectivity index is 2.43. The van der Waals surface area contributed by atoms with Gasteiger partial charge in [0, 0.05) is 25.7 Å². The third-order valence-corrected chi connectivity index (χ3v) is 2.94. The molecule has 3 N–H and O–H groups in total. The van der Waals surface area contributed by atoms with Crippen LogP contribution >= 0.6 is 0 Å². The van der Waals surface area contributed by atoms with Crippen molar-refractivity contribution >= 4 is 11.9 Å². The molecule has 1 amide bonds. The van der Waals surface area contributed by atoms with E-state index in [2.05, 4.69) is 10.6 Å². The van der Waals surface area contributed by atoms with Gasteiger partial charge in [-0.3, -0.25) is 9.59 Å². The number of amides is 1. The van der Waals surface area contributed by atoms with Gasteiger partial charge < -0.3 is 20.5 Å². The first-order valence-corrected chi connectivity index (χ1v) is 7.03. The minimum Gasteiger partial charge on any atom is -0.497 e. The van der Waals surface area contributed by atoms with Crippen molar-refractivity contribution in [1.29, 1.82) is 5.26 Å². The number of benzene rings is 1. The maximum Gasteiger partial charge on any atom is 0.303 e. The van der Waals surface area contributed by atoms with Crippen molar-refractivity contribution in [3.05, 3.63) is 41.6 Å². The van der Waals surface area contributed by atoms with Gasteiger partial charge in [-0.2, -0.15) is 5.26 Å². The molecule has 1 rings (SSSR count). The molecule has 0 aliphatic heterocycles. The van der Waals surface area contributed by atoms with Gasteiger partial charge in [0.1, 0.15) is 17.4 Å². The highest BCUT2D eigenvalue weighted by Crippen LogP contribution is 2.11. The Hall–Kier alpha value is -3.01. The lowest BCUT2D eigenvalue weighted by Crippen LogP contribution is -2.25. The van der Waals surface area contributed by atoms with Crippen LogP contribution in [-0.4, -0.2) is 30.6 Å². The second-order valence-corrected chi connectivity index (χ2v) is 4.65. The summed E-state index contributed by atoms with van der Waals surface area (Å²) in [6, 6.07) is 9.01. The lowest BCUT2D eigenvalue weighted by Gasteiger charge is -2.06. The average molecular weight is 317 g/mol. The highest BCUT2D eigenvalue weighted by molar-refractivity contribution is 5.97. The molecule has 23 heavy (non-hydrogen) atoms. The van der Waals surface area contributed by atoms with Crippen LogP contribution in [0.3, 0.4) is 0 Å². The number of carboxylic acids is 1. The van der Waals surface area contributed by atoms with Crippen LogP contribution in [0, 0.1) is 11.3 Å². The number of nitrogens with zero attached hydrogens (tertiary/aromatic N) is 1. The van der Waals surface area contributed by atoms with Crippen molar-refractivity contribution in [2.45, 2.75) is 19.4 Å². The first-order chi connectivity index (χ1) is 11.1. The van der Waals surface area contributed by atoms with Crippen molar-refractivity contribution in [3.8, 4) is 11.8 Å². The fraction of sp³-hybridized carbons (Fsp3) is 0.312. The van der Waals surface area contributed by atoms with Crippen LogP contribution in [0.1, 0.15) is 18.4 Å². The van der Waals surface area contributed by atoms with E-state index in [-0.39, 0.29) is 12.0 Å². The Bertz CT molecular complexity index is 603. The van der Waals surface area contributed by atoms with E-state index in [1.165, 1.54) is 6.20 Å². The minimum absolute atomic E-state index is 0.0341. The molecule has 0 aliphatic carbocycles. The topological polar surface area (TPSA) is 111 Å². The van der Waals surface area contributed by atoms with E-state index in [0.29, 0.717) is 19.5 Å². The summed E-state index contributed by atoms with van der Waals surface area (Å²) >= 11 is 0. The third-order valence-electron chi connectivity index (χ3n) is 2.94. The Morgan fingerprint density at radius 2 is 2.04 bits per heavy atom. The van der Waals surface area contributed by atoms with Crippen molar-refractivity contribution in [2.24, 2.45) is 0 Å². The summed E-state index contributed by atoms with van der Waals surface area (Å²) in [6.45, 7) is 0.671. The number of carbonyl (C=O) groups is 2. The highest BCUT2D eigenvalue weighted by Gasteiger charge is 2.08. The molecular weight excluding hydrogens is 298 g/mol. The number of hydrogen-bond donors (Lipinski definition) is 3. The molecule has 0 heterocycles. The van der Waals surface area contributed by atoms with Gasteiger partial charge in [0.05, 0.1) is 7.11 Å². The molecule has 122 valence electrons. The van der Waals surface area contributed by atoms with Gasteiger partial charge in [-0.05, 0) is 24.1 Å². The Morgan fingerprint density at radius 3 is 2.61 bits per heavy atom. The highest BCUT2D eigenvalue weighted by atomic mass is 16.5. The number of ether oxygens (including phenoxy) is 1. The summed E-state index contributed by atoms with van der Waals surface area (Å²) in [5.74, 6) is -0.647. The summed E-state index contributed by atoms with van der Waals surface area (Å²) in [7, 11) is 1.57. The van der Waals surface area contributed by atoms with Gasteiger partial charge >= 0.3 is 5.97 Å². The number of hydrogen-bond acceptors (Lipinski definition) is 5. The molecule has 0 fully saturated rings. The molecule has 0 unspecified atom stereocenters. The molecule has 7 nitrogen and oxygen atoms in total. The van der Waals surface area contributed by atoms with Crippen LogP contribution in [0.15, 0.2) is 36.0 Å². The van der Waals surface area contributed by atoms with E-state index in [1.54, 1.807) is 25.3 Å². The molecule has 0 spiro atoms. The monoisotopic (exact) mass is 317 g/mol. The lowest BCUT2D eigenvalue weighted by molar-refractivity contribution is -0.137. The zero-order valence-corrected chi connectivity index (χ0v) is 12.8. The Morgan fingerprint density at radius 1 is 1.35 bits per heavy atom. The quantitative estimate of drug-likeness (QED) is 0.358. The lowest BCUT2D eigenvalue weighted by atomic mass is 10.2. The maximum atomic E-state index is 11.9. The molecule has 0 bridgehead atoms. The van der Waals surface area contributed by atoms with E-state index < -0.39 is 11.9 Å². The van der Waals surface area contributed by atoms with Crippen LogP contribution in [0.25, 0.3) is 0 Å². The summed E-state index contributed by atoms with van der Waals surface area (Å²) in [5, 5.41) is 22.9. The summed E-state index contributed by atoms with van der Waals surface area (Å²) in [6.07, 6.45) is 1.75. The van der Waals surface area contributed by atoms with E-state index in [4.69, 9.17) is 15.1 Å². The third kappa shape index (κ3) is 7.00. The SMILES string of the molecule is COc1ccc(CNC(=O)/C(C#N)=C\NCCCC(=O)O)cc1. The first kappa shape index (κ1) is 18.0. The normalized spacial score (nSPS) is 10.5. The molecule has 0 aliphatic rings. The molecule has 7 heteroatoms. The van der Waals surface area contributed by atoms with Gasteiger partial charge in [-0.25, -0.2) is 0 Å². The molecule has 1 aromatic carbocycles. The van der Waals surface area contributed by atoms with Crippen LogP contribution in [0.4, 0.5) is 0 Å². The summed E-state index contributed by atoms with van der Waals surface area (Å²) in [4.78, 5) is 22.2. The second kappa shape index (κ2) is 9.84. The van der Waals surface area contributed by atoms with Crippen LogP contribution in [0.5, 0.6) is 5.75 Å². The number of rotatable bonds is 9. The van der Waals surface area contributed by atoms with E-state index in [9.17, 15) is 9.59 Å². The molecule has 0 atom stereocenters. The number of carbonyl (C=O) groups excluding carboxylic acids is 1. The average Bonchev–Trinajstić information content (AvgIpc) is 2.56. The first-order valence-electron chi connectivity index (χ1n) is 7.03.